The molecule has 0 spiro atoms. The van der Waals surface area contributed by atoms with Gasteiger partial charge >= 0.3 is 5.97 Å². The molecule has 1 saturated carbocycles. The molecule has 0 unspecified atom stereocenters. The predicted octanol–water partition coefficient (Wildman–Crippen LogP) is 7.94. The molecule has 3 aromatic carbocycles. The summed E-state index contributed by atoms with van der Waals surface area (Å²) in [5.41, 5.74) is 4.47. The van der Waals surface area contributed by atoms with Crippen LogP contribution in [0.3, 0.4) is 0 Å². The maximum atomic E-state index is 13.7. The van der Waals surface area contributed by atoms with Crippen LogP contribution >= 0.6 is 0 Å². The van der Waals surface area contributed by atoms with Crippen molar-refractivity contribution in [2.75, 3.05) is 11.4 Å². The molecule has 0 bridgehead atoms. The van der Waals surface area contributed by atoms with Crippen LogP contribution in [0.15, 0.2) is 72.8 Å². The zero-order valence-electron chi connectivity index (χ0n) is 23.4. The Labute approximate surface area is 236 Å². The minimum absolute atomic E-state index is 0.126. The lowest BCUT2D eigenvalue weighted by molar-refractivity contribution is -0.119. The summed E-state index contributed by atoms with van der Waals surface area (Å²) in [6.45, 7) is 3.26. The Kier molecular flexibility index (Phi) is 8.94. The summed E-state index contributed by atoms with van der Waals surface area (Å²) in [7, 11) is 0. The molecule has 1 aromatic heterocycles. The van der Waals surface area contributed by atoms with E-state index in [0.29, 0.717) is 36.9 Å². The van der Waals surface area contributed by atoms with Gasteiger partial charge in [0.15, 0.2) is 0 Å². The van der Waals surface area contributed by atoms with Crippen molar-refractivity contribution in [2.24, 2.45) is 5.92 Å². The van der Waals surface area contributed by atoms with Crippen molar-refractivity contribution in [2.45, 2.75) is 71.3 Å². The Bertz CT molecular complexity index is 1450. The zero-order valence-corrected chi connectivity index (χ0v) is 23.4. The molecule has 40 heavy (non-hydrogen) atoms. The van der Waals surface area contributed by atoms with Crippen LogP contribution in [0.2, 0.25) is 0 Å². The smallest absolute Gasteiger partial charge is 0.336 e. The van der Waals surface area contributed by atoms with Crippen molar-refractivity contribution in [3.05, 3.63) is 83.9 Å². The molecule has 4 aromatic rings. The summed E-state index contributed by atoms with van der Waals surface area (Å²) >= 11 is 0. The number of aromatic carboxylic acids is 1. The van der Waals surface area contributed by atoms with Gasteiger partial charge in [-0.1, -0.05) is 93.6 Å². The lowest BCUT2D eigenvalue weighted by atomic mass is 9.89. The third kappa shape index (κ3) is 6.27. The maximum Gasteiger partial charge on any atom is 0.336 e. The number of unbranched alkanes of at least 4 members (excludes halogenated alkanes) is 2. The van der Waals surface area contributed by atoms with E-state index >= 15 is 0 Å². The standard InChI is InChI=1S/C34H39N3O3/c1-2-3-6-19-32(38)37(23-25-13-7-4-8-14-25)34-35-30-17-11-12-18-31(30)36(34)24-26-20-21-28(29(22-26)33(39)40)27-15-9-5-10-16-27/h5,9-12,15-18,20-22,25H,2-4,6-8,13-14,19,23-24H2,1H3,(H,39,40). The number of imidazole rings is 1. The highest BCUT2D eigenvalue weighted by Crippen LogP contribution is 2.31. The van der Waals surface area contributed by atoms with Gasteiger partial charge in [-0.05, 0) is 60.1 Å². The Balaban J connectivity index is 1.54. The fourth-order valence-electron chi connectivity index (χ4n) is 5.93. The lowest BCUT2D eigenvalue weighted by Crippen LogP contribution is -2.38. The molecule has 6 heteroatoms. The second kappa shape index (κ2) is 12.9. The van der Waals surface area contributed by atoms with E-state index in [2.05, 4.69) is 11.5 Å². The number of amides is 1. The number of carboxylic acids is 1. The zero-order chi connectivity index (χ0) is 27.9. The Hall–Kier alpha value is -3.93. The number of nitrogens with zero attached hydrogens (tertiary/aromatic N) is 3. The maximum absolute atomic E-state index is 13.7. The van der Waals surface area contributed by atoms with Gasteiger partial charge in [-0.2, -0.15) is 0 Å². The number of hydrogen-bond acceptors (Lipinski definition) is 3. The van der Waals surface area contributed by atoms with Gasteiger partial charge in [0, 0.05) is 13.0 Å². The molecule has 5 rings (SSSR count). The molecule has 1 fully saturated rings. The Morgan fingerprint density at radius 2 is 1.70 bits per heavy atom. The summed E-state index contributed by atoms with van der Waals surface area (Å²) in [4.78, 5) is 32.9. The van der Waals surface area contributed by atoms with E-state index in [0.717, 1.165) is 54.3 Å². The normalized spacial score (nSPS) is 13.9. The molecule has 0 aliphatic heterocycles. The molecule has 208 valence electrons. The number of hydrogen-bond donors (Lipinski definition) is 1. The summed E-state index contributed by atoms with van der Waals surface area (Å²) in [5.74, 6) is 0.306. The fraction of sp³-hybridized carbons (Fsp3) is 0.382. The van der Waals surface area contributed by atoms with E-state index in [1.165, 1.54) is 19.3 Å². The van der Waals surface area contributed by atoms with Crippen LogP contribution in [0.25, 0.3) is 22.2 Å². The molecular weight excluding hydrogens is 498 g/mol. The quantitative estimate of drug-likeness (QED) is 0.197. The first-order valence-electron chi connectivity index (χ1n) is 14.7. The summed E-state index contributed by atoms with van der Waals surface area (Å²) in [5, 5.41) is 10.1. The van der Waals surface area contributed by atoms with Crippen LogP contribution in [-0.4, -0.2) is 33.1 Å². The number of aromatic nitrogens is 2. The number of para-hydroxylation sites is 2. The van der Waals surface area contributed by atoms with Gasteiger partial charge in [-0.15, -0.1) is 0 Å². The van der Waals surface area contributed by atoms with Crippen molar-refractivity contribution >= 4 is 28.9 Å². The minimum Gasteiger partial charge on any atom is -0.478 e. The molecule has 1 N–H and O–H groups in total. The second-order valence-electron chi connectivity index (χ2n) is 11.0. The highest BCUT2D eigenvalue weighted by molar-refractivity contribution is 5.96. The third-order valence-electron chi connectivity index (χ3n) is 8.08. The Morgan fingerprint density at radius 3 is 2.45 bits per heavy atom. The van der Waals surface area contributed by atoms with Crippen molar-refractivity contribution in [3.8, 4) is 11.1 Å². The average Bonchev–Trinajstić information content (AvgIpc) is 3.34. The van der Waals surface area contributed by atoms with Gasteiger partial charge in [-0.25, -0.2) is 9.78 Å². The van der Waals surface area contributed by atoms with Crippen LogP contribution in [0, 0.1) is 5.92 Å². The molecule has 1 aliphatic carbocycles. The van der Waals surface area contributed by atoms with Crippen molar-refractivity contribution in [1.82, 2.24) is 9.55 Å². The van der Waals surface area contributed by atoms with Crippen LogP contribution in [0.5, 0.6) is 0 Å². The van der Waals surface area contributed by atoms with Gasteiger partial charge in [0.1, 0.15) is 0 Å². The lowest BCUT2D eigenvalue weighted by Gasteiger charge is -2.30. The first kappa shape index (κ1) is 27.6. The largest absolute Gasteiger partial charge is 0.478 e. The molecule has 1 amide bonds. The SMILES string of the molecule is CCCCCC(=O)N(CC1CCCCC1)c1nc2ccccc2n1Cc1ccc(-c2ccccc2)c(C(=O)O)c1. The van der Waals surface area contributed by atoms with Gasteiger partial charge in [-0.3, -0.25) is 9.69 Å². The molecule has 6 nitrogen and oxygen atoms in total. The van der Waals surface area contributed by atoms with E-state index in [1.54, 1.807) is 6.07 Å². The van der Waals surface area contributed by atoms with Gasteiger partial charge in [0.05, 0.1) is 23.1 Å². The van der Waals surface area contributed by atoms with Crippen LogP contribution in [-0.2, 0) is 11.3 Å². The van der Waals surface area contributed by atoms with Crippen LogP contribution in [0.4, 0.5) is 5.95 Å². The number of benzene rings is 3. The minimum atomic E-state index is -0.957. The van der Waals surface area contributed by atoms with Gasteiger partial charge in [0.25, 0.3) is 0 Å². The van der Waals surface area contributed by atoms with E-state index in [1.807, 2.05) is 71.6 Å². The Morgan fingerprint density at radius 1 is 0.950 bits per heavy atom. The monoisotopic (exact) mass is 537 g/mol. The number of carbonyl (C=O) groups is 2. The van der Waals surface area contributed by atoms with E-state index in [-0.39, 0.29) is 11.5 Å². The average molecular weight is 538 g/mol. The van der Waals surface area contributed by atoms with E-state index in [9.17, 15) is 14.7 Å². The van der Waals surface area contributed by atoms with Crippen LogP contribution in [0.1, 0.15) is 80.6 Å². The topological polar surface area (TPSA) is 75.4 Å². The number of fused-ring (bicyclic) bond motifs is 1. The molecule has 0 radical (unpaired) electrons. The predicted molar refractivity (Wildman–Crippen MR) is 161 cm³/mol. The molecule has 0 saturated heterocycles. The first-order valence-corrected chi connectivity index (χ1v) is 14.7. The number of carbonyl (C=O) groups excluding carboxylic acids is 1. The molecular formula is C34H39N3O3. The van der Waals surface area contributed by atoms with Gasteiger partial charge < -0.3 is 9.67 Å². The van der Waals surface area contributed by atoms with Crippen molar-refractivity contribution < 1.29 is 14.7 Å². The fourth-order valence-corrected chi connectivity index (χ4v) is 5.93. The third-order valence-corrected chi connectivity index (χ3v) is 8.08. The number of carboxylic acid groups (broad SMARTS) is 1. The second-order valence-corrected chi connectivity index (χ2v) is 11.0. The highest BCUT2D eigenvalue weighted by atomic mass is 16.4. The van der Waals surface area contributed by atoms with Crippen molar-refractivity contribution in [3.63, 3.8) is 0 Å². The van der Waals surface area contributed by atoms with Crippen LogP contribution < -0.4 is 4.90 Å². The summed E-state index contributed by atoms with van der Waals surface area (Å²) < 4.78 is 2.10. The highest BCUT2D eigenvalue weighted by Gasteiger charge is 2.27. The molecule has 1 heterocycles. The van der Waals surface area contributed by atoms with E-state index in [4.69, 9.17) is 4.98 Å². The summed E-state index contributed by atoms with van der Waals surface area (Å²) in [6.07, 6.45) is 9.46. The molecule has 0 atom stereocenters. The van der Waals surface area contributed by atoms with Crippen molar-refractivity contribution in [1.29, 1.82) is 0 Å². The molecule has 1 aliphatic rings. The number of rotatable bonds is 11. The first-order chi connectivity index (χ1) is 19.5. The van der Waals surface area contributed by atoms with E-state index < -0.39 is 5.97 Å². The summed E-state index contributed by atoms with van der Waals surface area (Å²) in [6, 6.07) is 23.2. The van der Waals surface area contributed by atoms with Gasteiger partial charge in [0.2, 0.25) is 11.9 Å². The number of anilines is 1.